The molecule has 0 saturated heterocycles. The third kappa shape index (κ3) is 3.31. The van der Waals surface area contributed by atoms with Gasteiger partial charge in [-0.3, -0.25) is 0 Å². The molecule has 3 saturated carbocycles. The third-order valence-corrected chi connectivity index (χ3v) is 8.74. The summed E-state index contributed by atoms with van der Waals surface area (Å²) in [6.07, 6.45) is 14.8. The highest BCUT2D eigenvalue weighted by atomic mass is 14.7. The summed E-state index contributed by atoms with van der Waals surface area (Å²) < 4.78 is 0. The van der Waals surface area contributed by atoms with Crippen molar-refractivity contribution in [2.45, 2.75) is 99.8 Å². The van der Waals surface area contributed by atoms with E-state index in [0.717, 1.165) is 23.7 Å². The van der Waals surface area contributed by atoms with Gasteiger partial charge >= 0.3 is 0 Å². The largest absolute Gasteiger partial charge is 0.333 e. The minimum absolute atomic E-state index is 0.579. The van der Waals surface area contributed by atoms with E-state index in [-0.39, 0.29) is 0 Å². The van der Waals surface area contributed by atoms with Gasteiger partial charge in [0.05, 0.1) is 0 Å². The van der Waals surface area contributed by atoms with Crippen molar-refractivity contribution < 1.29 is 0 Å². The van der Waals surface area contributed by atoms with E-state index in [1.807, 2.05) is 19.4 Å². The molecule has 0 aliphatic heterocycles. The van der Waals surface area contributed by atoms with Gasteiger partial charge < -0.3 is 5.73 Å². The molecule has 5 aliphatic carbocycles. The molecule has 5 aliphatic rings. The van der Waals surface area contributed by atoms with Crippen LogP contribution >= 0.6 is 0 Å². The fourth-order valence-electron chi connectivity index (χ4n) is 7.83. The molecule has 0 aromatic heterocycles. The number of hydrogen-bond donors (Lipinski definition) is 1. The lowest BCUT2D eigenvalue weighted by atomic mass is 9.38. The molecular formula is C25H47N. The van der Waals surface area contributed by atoms with E-state index >= 15 is 0 Å². The summed E-state index contributed by atoms with van der Waals surface area (Å²) in [5.41, 5.74) is 8.13. The lowest BCUT2D eigenvalue weighted by molar-refractivity contribution is -0.145. The topological polar surface area (TPSA) is 26.0 Å². The molecule has 0 amide bonds. The maximum Gasteiger partial charge on any atom is -0.00813 e. The molecule has 5 rings (SSSR count). The molecule has 5 unspecified atom stereocenters. The fourth-order valence-corrected chi connectivity index (χ4v) is 7.83. The average Bonchev–Trinajstić information content (AvgIpc) is 2.64. The van der Waals surface area contributed by atoms with Crippen molar-refractivity contribution in [3.8, 4) is 0 Å². The van der Waals surface area contributed by atoms with Crippen LogP contribution in [-0.4, -0.2) is 7.05 Å². The first-order chi connectivity index (χ1) is 12.3. The van der Waals surface area contributed by atoms with Gasteiger partial charge in [0.1, 0.15) is 0 Å². The molecule has 3 fully saturated rings. The van der Waals surface area contributed by atoms with E-state index < -0.39 is 0 Å². The molecule has 1 heteroatoms. The Bertz CT molecular complexity index is 502. The van der Waals surface area contributed by atoms with Crippen LogP contribution < -0.4 is 5.73 Å². The predicted octanol–water partition coefficient (Wildman–Crippen LogP) is 7.21. The van der Waals surface area contributed by atoms with Crippen molar-refractivity contribution in [3.05, 3.63) is 11.6 Å². The van der Waals surface area contributed by atoms with E-state index in [2.05, 4.69) is 46.4 Å². The Balaban J connectivity index is 0.000000570. The van der Waals surface area contributed by atoms with Crippen LogP contribution in [0.3, 0.4) is 0 Å². The maximum atomic E-state index is 4.50. The van der Waals surface area contributed by atoms with Crippen molar-refractivity contribution in [3.63, 3.8) is 0 Å². The molecular weight excluding hydrogens is 314 g/mol. The van der Waals surface area contributed by atoms with E-state index in [9.17, 15) is 0 Å². The van der Waals surface area contributed by atoms with Crippen molar-refractivity contribution in [1.82, 2.24) is 0 Å². The SMILES string of the molecule is CC.CC(C)C1=CC23CCC1CC2C1(C)CCCC(C)(C)C1CC3.CN. The molecule has 0 aromatic rings. The number of allylic oxidation sites excluding steroid dienone is 2. The minimum Gasteiger partial charge on any atom is -0.333 e. The molecule has 2 N–H and O–H groups in total. The van der Waals surface area contributed by atoms with Gasteiger partial charge in [-0.2, -0.15) is 0 Å². The molecule has 152 valence electrons. The van der Waals surface area contributed by atoms with Gasteiger partial charge in [-0.1, -0.05) is 66.5 Å². The summed E-state index contributed by atoms with van der Waals surface area (Å²) in [4.78, 5) is 0. The molecule has 0 heterocycles. The third-order valence-electron chi connectivity index (χ3n) is 8.74. The highest BCUT2D eigenvalue weighted by Gasteiger charge is 2.61. The molecule has 0 radical (unpaired) electrons. The Morgan fingerprint density at radius 1 is 0.923 bits per heavy atom. The first-order valence-electron chi connectivity index (χ1n) is 11.6. The van der Waals surface area contributed by atoms with Crippen LogP contribution in [0, 0.1) is 39.9 Å². The highest BCUT2D eigenvalue weighted by Crippen LogP contribution is 2.70. The van der Waals surface area contributed by atoms with Crippen LogP contribution in [0.25, 0.3) is 0 Å². The van der Waals surface area contributed by atoms with Gasteiger partial charge in [-0.25, -0.2) is 0 Å². The number of fused-ring (bicyclic) bond motifs is 2. The second-order valence-corrected chi connectivity index (χ2v) is 10.5. The van der Waals surface area contributed by atoms with Gasteiger partial charge in [-0.05, 0) is 91.9 Å². The maximum absolute atomic E-state index is 4.50. The summed E-state index contributed by atoms with van der Waals surface area (Å²) in [6.45, 7) is 16.7. The molecule has 26 heavy (non-hydrogen) atoms. The second-order valence-electron chi connectivity index (χ2n) is 10.5. The Hall–Kier alpha value is -0.300. The molecule has 0 aromatic carbocycles. The zero-order chi connectivity index (χ0) is 19.8. The Labute approximate surface area is 164 Å². The van der Waals surface area contributed by atoms with E-state index in [4.69, 9.17) is 0 Å². The van der Waals surface area contributed by atoms with E-state index in [1.54, 1.807) is 0 Å². The fraction of sp³-hybridized carbons (Fsp3) is 0.920. The minimum atomic E-state index is 0.579. The number of nitrogens with two attached hydrogens (primary N) is 1. The van der Waals surface area contributed by atoms with Crippen LogP contribution in [-0.2, 0) is 0 Å². The molecule has 5 atom stereocenters. The van der Waals surface area contributed by atoms with Gasteiger partial charge in [0, 0.05) is 0 Å². The second kappa shape index (κ2) is 7.98. The van der Waals surface area contributed by atoms with Gasteiger partial charge in [-0.15, -0.1) is 0 Å². The summed E-state index contributed by atoms with van der Waals surface area (Å²) in [6, 6.07) is 0. The van der Waals surface area contributed by atoms with Crippen LogP contribution in [0.2, 0.25) is 0 Å². The van der Waals surface area contributed by atoms with Gasteiger partial charge in [0.15, 0.2) is 0 Å². The summed E-state index contributed by atoms with van der Waals surface area (Å²) >= 11 is 0. The smallest absolute Gasteiger partial charge is 0.00813 e. The number of rotatable bonds is 1. The Morgan fingerprint density at radius 3 is 2.15 bits per heavy atom. The van der Waals surface area contributed by atoms with Crippen LogP contribution in [0.4, 0.5) is 0 Å². The zero-order valence-electron chi connectivity index (χ0n) is 19.1. The zero-order valence-corrected chi connectivity index (χ0v) is 19.1. The lowest BCUT2D eigenvalue weighted by Gasteiger charge is -2.67. The van der Waals surface area contributed by atoms with Crippen molar-refractivity contribution in [2.75, 3.05) is 7.05 Å². The highest BCUT2D eigenvalue weighted by molar-refractivity contribution is 5.28. The average molecular weight is 362 g/mol. The van der Waals surface area contributed by atoms with Gasteiger partial charge in [0.2, 0.25) is 0 Å². The Kier molecular flexibility index (Phi) is 6.75. The summed E-state index contributed by atoms with van der Waals surface area (Å²) in [5.74, 6) is 3.66. The van der Waals surface area contributed by atoms with Crippen molar-refractivity contribution >= 4 is 0 Å². The molecule has 1 nitrogen and oxygen atoms in total. The Morgan fingerprint density at radius 2 is 1.54 bits per heavy atom. The molecule has 1 spiro atoms. The number of hydrogen-bond acceptors (Lipinski definition) is 1. The van der Waals surface area contributed by atoms with Gasteiger partial charge in [0.25, 0.3) is 0 Å². The van der Waals surface area contributed by atoms with Crippen molar-refractivity contribution in [2.24, 2.45) is 45.7 Å². The van der Waals surface area contributed by atoms with Crippen LogP contribution in [0.1, 0.15) is 99.8 Å². The first kappa shape index (κ1) is 22.0. The van der Waals surface area contributed by atoms with E-state index in [0.29, 0.717) is 16.2 Å². The first-order valence-corrected chi connectivity index (χ1v) is 11.6. The standard InChI is InChI=1S/C22H36.C2H6.CH5N/c1-15(2)17-14-22-11-7-16(17)13-19(22)21(5)10-6-9-20(3,4)18(21)8-12-22;2*1-2/h14-16,18-19H,6-13H2,1-5H3;1-2H3;2H2,1H3. The van der Waals surface area contributed by atoms with Crippen LogP contribution in [0.5, 0.6) is 0 Å². The normalized spacial score (nSPS) is 42.4. The van der Waals surface area contributed by atoms with Crippen LogP contribution in [0.15, 0.2) is 11.6 Å². The lowest BCUT2D eigenvalue weighted by Crippen LogP contribution is -2.58. The van der Waals surface area contributed by atoms with Crippen molar-refractivity contribution in [1.29, 1.82) is 0 Å². The van der Waals surface area contributed by atoms with E-state index in [1.165, 1.54) is 58.4 Å². The monoisotopic (exact) mass is 361 g/mol. The quantitative estimate of drug-likeness (QED) is 0.490. The molecule has 2 bridgehead atoms. The summed E-state index contributed by atoms with van der Waals surface area (Å²) in [5, 5.41) is 0. The predicted molar refractivity (Wildman–Crippen MR) is 116 cm³/mol. The summed E-state index contributed by atoms with van der Waals surface area (Å²) in [7, 11) is 1.50.